The molecule has 38 heavy (non-hydrogen) atoms. The van der Waals surface area contributed by atoms with Gasteiger partial charge in [-0.25, -0.2) is 14.4 Å². The van der Waals surface area contributed by atoms with Crippen molar-refractivity contribution < 1.29 is 4.39 Å². The van der Waals surface area contributed by atoms with Crippen molar-refractivity contribution in [1.82, 2.24) is 25.2 Å². The van der Waals surface area contributed by atoms with Crippen LogP contribution in [-0.2, 0) is 0 Å². The second-order valence-electron chi connectivity index (χ2n) is 10.4. The van der Waals surface area contributed by atoms with E-state index < -0.39 is 5.82 Å². The van der Waals surface area contributed by atoms with E-state index in [1.165, 1.54) is 30.6 Å². The number of aromatic nitrogens is 3. The van der Waals surface area contributed by atoms with Crippen LogP contribution in [0.5, 0.6) is 0 Å². The summed E-state index contributed by atoms with van der Waals surface area (Å²) in [5.41, 5.74) is 7.86. The topological polar surface area (TPSA) is 86.4 Å². The summed E-state index contributed by atoms with van der Waals surface area (Å²) < 4.78 is 17.4. The summed E-state index contributed by atoms with van der Waals surface area (Å²) in [5, 5.41) is 4.79. The smallest absolute Gasteiger partial charge is 0.228 e. The molecule has 4 aromatic rings. The Morgan fingerprint density at radius 3 is 2.55 bits per heavy atom. The number of rotatable bonds is 4. The van der Waals surface area contributed by atoms with Crippen molar-refractivity contribution in [3.63, 3.8) is 0 Å². The zero-order valence-corrected chi connectivity index (χ0v) is 22.7. The van der Waals surface area contributed by atoms with Gasteiger partial charge in [-0.2, -0.15) is 4.98 Å². The molecule has 5 heterocycles. The van der Waals surface area contributed by atoms with Crippen LogP contribution in [0.1, 0.15) is 19.3 Å². The molecule has 7 rings (SSSR count). The monoisotopic (exact) mass is 552 g/mol. The van der Waals surface area contributed by atoms with E-state index in [0.717, 1.165) is 62.9 Å². The van der Waals surface area contributed by atoms with E-state index in [0.29, 0.717) is 49.7 Å². The molecule has 0 aliphatic carbocycles. The van der Waals surface area contributed by atoms with Gasteiger partial charge >= 0.3 is 0 Å². The van der Waals surface area contributed by atoms with Gasteiger partial charge in [0.05, 0.1) is 15.2 Å². The average Bonchev–Trinajstić information content (AvgIpc) is 3.30. The third-order valence-corrected chi connectivity index (χ3v) is 9.17. The fraction of sp³-hybridized carbons (Fsp3) is 0.444. The fourth-order valence-electron chi connectivity index (χ4n) is 5.97. The molecule has 0 unspecified atom stereocenters. The lowest BCUT2D eigenvalue weighted by Crippen LogP contribution is -2.61. The highest BCUT2D eigenvalue weighted by molar-refractivity contribution is 7.22. The van der Waals surface area contributed by atoms with Crippen LogP contribution in [0.25, 0.3) is 32.2 Å². The minimum absolute atomic E-state index is 0.296. The number of halogens is 2. The first-order chi connectivity index (χ1) is 18.6. The van der Waals surface area contributed by atoms with Crippen LogP contribution in [0.15, 0.2) is 24.3 Å². The molecule has 0 amide bonds. The number of likely N-dealkylation sites (tertiary alicyclic amines) is 1. The summed E-state index contributed by atoms with van der Waals surface area (Å²) in [5.74, 6) is 0.888. The third-order valence-electron chi connectivity index (χ3n) is 8.02. The second kappa shape index (κ2) is 9.75. The molecule has 3 N–H and O–H groups in total. The number of piperidine rings is 1. The molecule has 2 aromatic heterocycles. The molecule has 3 aliphatic heterocycles. The molecule has 8 nitrogen and oxygen atoms in total. The molecule has 198 valence electrons. The largest absolute Gasteiger partial charge is 0.375 e. The van der Waals surface area contributed by atoms with Gasteiger partial charge in [0, 0.05) is 61.8 Å². The van der Waals surface area contributed by atoms with Gasteiger partial charge in [-0.05, 0) is 38.1 Å². The zero-order valence-electron chi connectivity index (χ0n) is 21.1. The highest BCUT2D eigenvalue weighted by Crippen LogP contribution is 2.42. The summed E-state index contributed by atoms with van der Waals surface area (Å²) >= 11 is 8.19. The molecule has 0 spiro atoms. The van der Waals surface area contributed by atoms with Crippen LogP contribution in [0, 0.1) is 5.82 Å². The Bertz CT molecular complexity index is 1510. The molecule has 0 radical (unpaired) electrons. The predicted octanol–water partition coefficient (Wildman–Crippen LogP) is 4.37. The van der Waals surface area contributed by atoms with Crippen molar-refractivity contribution in [2.24, 2.45) is 0 Å². The molecule has 0 bridgehead atoms. The van der Waals surface area contributed by atoms with Gasteiger partial charge in [0.15, 0.2) is 10.9 Å². The third kappa shape index (κ3) is 4.14. The number of nitrogen functional groups attached to an aromatic ring is 1. The Morgan fingerprint density at radius 1 is 0.974 bits per heavy atom. The van der Waals surface area contributed by atoms with E-state index >= 15 is 4.39 Å². The number of fused-ring (bicyclic) bond motifs is 2. The number of benzene rings is 2. The minimum Gasteiger partial charge on any atom is -0.375 e. The standard InChI is InChI=1S/C27H30ClFN8S/c28-19-13-18-24(22(29)21(19)17-5-4-6-20-23(17)32-26(30)38-20)33-27(34-25(18)36-11-7-31-8-12-36)37-14-16(15-37)35-9-2-1-3-10-35/h4-6,13,16,31H,1-3,7-12,14-15H2,(H2,30,32). The molecule has 3 saturated heterocycles. The summed E-state index contributed by atoms with van der Waals surface area (Å²) in [7, 11) is 0. The van der Waals surface area contributed by atoms with Crippen LogP contribution < -0.4 is 20.9 Å². The number of nitrogens with zero attached hydrogens (tertiary/aromatic N) is 6. The van der Waals surface area contributed by atoms with Crippen LogP contribution in [0.2, 0.25) is 5.02 Å². The van der Waals surface area contributed by atoms with E-state index in [9.17, 15) is 0 Å². The van der Waals surface area contributed by atoms with E-state index in [-0.39, 0.29) is 0 Å². The molecule has 2 aromatic carbocycles. The first-order valence-electron chi connectivity index (χ1n) is 13.4. The summed E-state index contributed by atoms with van der Waals surface area (Å²) in [6, 6.07) is 7.99. The van der Waals surface area contributed by atoms with E-state index in [4.69, 9.17) is 27.3 Å². The first kappa shape index (κ1) is 24.3. The fourth-order valence-corrected chi connectivity index (χ4v) is 7.03. The van der Waals surface area contributed by atoms with Crippen LogP contribution in [-0.4, -0.2) is 78.3 Å². The number of nitrogens with one attached hydrogen (secondary N) is 1. The van der Waals surface area contributed by atoms with Crippen LogP contribution in [0.3, 0.4) is 0 Å². The van der Waals surface area contributed by atoms with Gasteiger partial charge in [0.2, 0.25) is 5.95 Å². The van der Waals surface area contributed by atoms with Crippen molar-refractivity contribution in [2.45, 2.75) is 25.3 Å². The van der Waals surface area contributed by atoms with Crippen molar-refractivity contribution in [3.05, 3.63) is 35.1 Å². The Hall–Kier alpha value is -2.79. The van der Waals surface area contributed by atoms with Gasteiger partial charge in [-0.3, -0.25) is 4.90 Å². The maximum atomic E-state index is 16.5. The predicted molar refractivity (Wildman–Crippen MR) is 154 cm³/mol. The maximum absolute atomic E-state index is 16.5. The van der Waals surface area contributed by atoms with Crippen LogP contribution in [0.4, 0.5) is 21.3 Å². The Kier molecular flexibility index (Phi) is 6.23. The summed E-state index contributed by atoms with van der Waals surface area (Å²) in [6.45, 7) is 7.34. The molecular weight excluding hydrogens is 523 g/mol. The number of para-hydroxylation sites is 1. The summed E-state index contributed by atoms with van der Waals surface area (Å²) in [6.07, 6.45) is 3.85. The van der Waals surface area contributed by atoms with Crippen LogP contribution >= 0.6 is 22.9 Å². The molecule has 3 aliphatic rings. The number of hydrogen-bond acceptors (Lipinski definition) is 9. The van der Waals surface area contributed by atoms with Crippen molar-refractivity contribution in [3.8, 4) is 11.1 Å². The van der Waals surface area contributed by atoms with Crippen molar-refractivity contribution >= 4 is 61.0 Å². The first-order valence-corrected chi connectivity index (χ1v) is 14.6. The molecule has 0 atom stereocenters. The van der Waals surface area contributed by atoms with E-state index in [1.54, 1.807) is 0 Å². The highest BCUT2D eigenvalue weighted by atomic mass is 35.5. The number of piperazine rings is 1. The van der Waals surface area contributed by atoms with Crippen molar-refractivity contribution in [1.29, 1.82) is 0 Å². The van der Waals surface area contributed by atoms with Gasteiger partial charge in [-0.15, -0.1) is 0 Å². The lowest BCUT2D eigenvalue weighted by atomic mass is 10.0. The zero-order chi connectivity index (χ0) is 25.8. The van der Waals surface area contributed by atoms with Gasteiger partial charge < -0.3 is 20.9 Å². The summed E-state index contributed by atoms with van der Waals surface area (Å²) in [4.78, 5) is 21.3. The Labute approximate surface area is 229 Å². The minimum atomic E-state index is -0.445. The molecule has 3 fully saturated rings. The molecule has 0 saturated carbocycles. The van der Waals surface area contributed by atoms with Gasteiger partial charge in [-0.1, -0.05) is 41.5 Å². The normalized spacial score (nSPS) is 19.4. The Balaban J connectivity index is 1.34. The van der Waals surface area contributed by atoms with E-state index in [2.05, 4.69) is 25.0 Å². The lowest BCUT2D eigenvalue weighted by molar-refractivity contribution is 0.138. The Morgan fingerprint density at radius 2 is 1.76 bits per heavy atom. The maximum Gasteiger partial charge on any atom is 0.228 e. The number of nitrogens with two attached hydrogens (primary N) is 1. The van der Waals surface area contributed by atoms with Crippen molar-refractivity contribution in [2.75, 3.05) is 67.9 Å². The molecule has 11 heteroatoms. The SMILES string of the molecule is Nc1nc2c(-c3c(Cl)cc4c(N5CCNCC5)nc(N5CC(N6CCCCC6)C5)nc4c3F)cccc2s1. The van der Waals surface area contributed by atoms with Gasteiger partial charge in [0.1, 0.15) is 11.3 Å². The molecular formula is C27H30ClFN8S. The number of anilines is 3. The second-order valence-corrected chi connectivity index (χ2v) is 11.9. The van der Waals surface area contributed by atoms with Gasteiger partial charge in [0.25, 0.3) is 0 Å². The van der Waals surface area contributed by atoms with E-state index in [1.807, 2.05) is 24.3 Å². The average molecular weight is 553 g/mol. The highest BCUT2D eigenvalue weighted by Gasteiger charge is 2.35. The number of hydrogen-bond donors (Lipinski definition) is 2. The lowest BCUT2D eigenvalue weighted by Gasteiger charge is -2.46. The number of thiazole rings is 1. The quantitative estimate of drug-likeness (QED) is 0.386.